The molecule has 7 N–H and O–H groups in total. The molecule has 3 heterocycles. The molecule has 13 nitrogen and oxygen atoms in total. The third-order valence-electron chi connectivity index (χ3n) is 4.66. The van der Waals surface area contributed by atoms with Crippen molar-refractivity contribution in [2.24, 2.45) is 16.3 Å². The number of hydrogen-bond donors (Lipinski definition) is 5. The Hall–Kier alpha value is -3.33. The number of carboxylic acid groups (broad SMARTS) is 1. The van der Waals surface area contributed by atoms with Gasteiger partial charge in [0.05, 0.1) is 0 Å². The van der Waals surface area contributed by atoms with Crippen molar-refractivity contribution in [3.05, 3.63) is 23.2 Å². The van der Waals surface area contributed by atoms with Gasteiger partial charge in [-0.25, -0.2) is 9.78 Å². The highest BCUT2D eigenvalue weighted by atomic mass is 32.2. The zero-order valence-electron chi connectivity index (χ0n) is 15.8. The SMILES string of the molecule is NC(=O)OCC=CC1(C(=O)O)CS[C@@H]2C(NC(=O)C(=NO)c3csc(N)n3)C(=O)N2C1. The fraction of sp³-hybridized carbons (Fsp3) is 0.375. The number of aromatic nitrogens is 1. The molecular weight excluding hydrogens is 452 g/mol. The third kappa shape index (κ3) is 4.41. The maximum atomic E-state index is 12.6. The van der Waals surface area contributed by atoms with E-state index in [2.05, 4.69) is 20.2 Å². The Morgan fingerprint density at radius 3 is 2.81 bits per heavy atom. The molecule has 2 aliphatic rings. The second kappa shape index (κ2) is 8.81. The second-order valence-corrected chi connectivity index (χ2v) is 8.63. The molecule has 3 rings (SSSR count). The third-order valence-corrected chi connectivity index (χ3v) is 6.88. The number of anilines is 1. The summed E-state index contributed by atoms with van der Waals surface area (Å²) in [6, 6.07) is -0.917. The topological polar surface area (TPSA) is 211 Å². The van der Waals surface area contributed by atoms with Crippen molar-refractivity contribution in [1.82, 2.24) is 15.2 Å². The molecule has 2 fully saturated rings. The Morgan fingerprint density at radius 1 is 1.48 bits per heavy atom. The number of aliphatic carboxylic acids is 1. The van der Waals surface area contributed by atoms with E-state index in [4.69, 9.17) is 16.7 Å². The zero-order valence-corrected chi connectivity index (χ0v) is 17.4. The van der Waals surface area contributed by atoms with Crippen LogP contribution < -0.4 is 16.8 Å². The first kappa shape index (κ1) is 22.4. The largest absolute Gasteiger partial charge is 0.481 e. The number of nitrogens with zero attached hydrogens (tertiary/aromatic N) is 3. The highest BCUT2D eigenvalue weighted by Gasteiger charge is 2.56. The van der Waals surface area contributed by atoms with Gasteiger partial charge in [-0.15, -0.1) is 23.1 Å². The van der Waals surface area contributed by atoms with Crippen molar-refractivity contribution in [1.29, 1.82) is 0 Å². The summed E-state index contributed by atoms with van der Waals surface area (Å²) in [5.74, 6) is -2.33. The van der Waals surface area contributed by atoms with Crippen LogP contribution in [0.25, 0.3) is 0 Å². The molecule has 15 heteroatoms. The number of oxime groups is 1. The normalized spacial score (nSPS) is 25.6. The molecule has 2 saturated heterocycles. The van der Waals surface area contributed by atoms with Gasteiger partial charge in [0.1, 0.15) is 29.1 Å². The van der Waals surface area contributed by atoms with Gasteiger partial charge in [0, 0.05) is 17.7 Å². The van der Waals surface area contributed by atoms with Crippen LogP contribution >= 0.6 is 23.1 Å². The summed E-state index contributed by atoms with van der Waals surface area (Å²) in [6.45, 7) is -0.322. The zero-order chi connectivity index (χ0) is 22.8. The van der Waals surface area contributed by atoms with Crippen molar-refractivity contribution in [2.45, 2.75) is 11.4 Å². The molecular formula is C16H18N6O7S2. The van der Waals surface area contributed by atoms with Gasteiger partial charge < -0.3 is 36.7 Å². The molecule has 0 saturated carbocycles. The van der Waals surface area contributed by atoms with E-state index in [1.165, 1.54) is 34.2 Å². The lowest BCUT2D eigenvalue weighted by Crippen LogP contribution is -2.73. The first-order valence-corrected chi connectivity index (χ1v) is 10.6. The summed E-state index contributed by atoms with van der Waals surface area (Å²) < 4.78 is 4.55. The molecule has 2 unspecified atom stereocenters. The van der Waals surface area contributed by atoms with E-state index in [0.29, 0.717) is 0 Å². The number of thiazole rings is 1. The molecule has 1 aromatic heterocycles. The molecule has 0 aromatic carbocycles. The number of primary amides is 1. The second-order valence-electron chi connectivity index (χ2n) is 6.63. The van der Waals surface area contributed by atoms with Crippen molar-refractivity contribution in [3.8, 4) is 0 Å². The molecule has 0 radical (unpaired) electrons. The van der Waals surface area contributed by atoms with Gasteiger partial charge >= 0.3 is 12.1 Å². The van der Waals surface area contributed by atoms with Gasteiger partial charge in [-0.2, -0.15) is 0 Å². The molecule has 0 spiro atoms. The fourth-order valence-electron chi connectivity index (χ4n) is 3.12. The molecule has 31 heavy (non-hydrogen) atoms. The Balaban J connectivity index is 1.66. The molecule has 166 valence electrons. The van der Waals surface area contributed by atoms with Crippen LogP contribution in [0, 0.1) is 5.41 Å². The monoisotopic (exact) mass is 470 g/mol. The van der Waals surface area contributed by atoms with E-state index in [9.17, 15) is 24.3 Å². The summed E-state index contributed by atoms with van der Waals surface area (Å²) in [7, 11) is 0. The van der Waals surface area contributed by atoms with Crippen LogP contribution in [0.4, 0.5) is 9.93 Å². The average Bonchev–Trinajstić information content (AvgIpc) is 3.15. The van der Waals surface area contributed by atoms with Crippen molar-refractivity contribution in [3.63, 3.8) is 0 Å². The number of β-lactam (4-membered cyclic amide) rings is 1. The summed E-state index contributed by atoms with van der Waals surface area (Å²) in [6.07, 6.45) is 1.73. The van der Waals surface area contributed by atoms with Crippen LogP contribution in [0.5, 0.6) is 0 Å². The quantitative estimate of drug-likeness (QED) is 0.108. The number of carbonyl (C=O) groups is 4. The van der Waals surface area contributed by atoms with Crippen LogP contribution in [0.2, 0.25) is 0 Å². The van der Waals surface area contributed by atoms with E-state index >= 15 is 0 Å². The average molecular weight is 470 g/mol. The van der Waals surface area contributed by atoms with Gasteiger partial charge in [0.15, 0.2) is 10.8 Å². The van der Waals surface area contributed by atoms with Crippen LogP contribution in [0.15, 0.2) is 22.7 Å². The van der Waals surface area contributed by atoms with Gasteiger partial charge in [0.2, 0.25) is 5.91 Å². The van der Waals surface area contributed by atoms with Gasteiger partial charge in [-0.1, -0.05) is 11.2 Å². The van der Waals surface area contributed by atoms with Crippen LogP contribution in [-0.4, -0.2) is 80.1 Å². The Labute approximate surface area is 183 Å². The number of ether oxygens (including phenoxy) is 1. The number of amides is 3. The number of nitrogens with one attached hydrogen (secondary N) is 1. The molecule has 0 bridgehead atoms. The number of nitrogens with two attached hydrogens (primary N) is 2. The number of rotatable bonds is 7. The van der Waals surface area contributed by atoms with Crippen molar-refractivity contribution < 1.29 is 34.2 Å². The predicted molar refractivity (Wildman–Crippen MR) is 109 cm³/mol. The summed E-state index contributed by atoms with van der Waals surface area (Å²) in [5.41, 5.74) is 8.67. The summed E-state index contributed by atoms with van der Waals surface area (Å²) >= 11 is 2.23. The maximum absolute atomic E-state index is 12.6. The highest BCUT2D eigenvalue weighted by Crippen LogP contribution is 2.43. The minimum Gasteiger partial charge on any atom is -0.481 e. The minimum atomic E-state index is -1.39. The van der Waals surface area contributed by atoms with Crippen LogP contribution in [-0.2, 0) is 19.1 Å². The van der Waals surface area contributed by atoms with E-state index in [1.807, 2.05) is 0 Å². The Morgan fingerprint density at radius 2 is 2.23 bits per heavy atom. The molecule has 2 aliphatic heterocycles. The summed E-state index contributed by atoms with van der Waals surface area (Å²) in [5, 5.41) is 25.4. The number of hydrogen-bond acceptors (Lipinski definition) is 11. The van der Waals surface area contributed by atoms with Gasteiger partial charge in [-0.05, 0) is 6.08 Å². The van der Waals surface area contributed by atoms with Crippen LogP contribution in [0.1, 0.15) is 5.69 Å². The van der Waals surface area contributed by atoms with Crippen molar-refractivity contribution >= 4 is 57.8 Å². The van der Waals surface area contributed by atoms with Crippen molar-refractivity contribution in [2.75, 3.05) is 24.6 Å². The predicted octanol–water partition coefficient (Wildman–Crippen LogP) is -0.974. The first-order valence-electron chi connectivity index (χ1n) is 8.68. The fourth-order valence-corrected chi connectivity index (χ4v) is 5.18. The molecule has 3 amide bonds. The Kier molecular flexibility index (Phi) is 6.35. The molecule has 3 atom stereocenters. The minimum absolute atomic E-state index is 0.0654. The smallest absolute Gasteiger partial charge is 0.404 e. The standard InChI is InChI=1S/C16H18N6O7S2/c17-14-19-7(4-30-14)8(21-28)10(23)20-9-11(24)22-5-16(13(25)26,6-31-12(9)22)2-1-3-29-15(18)27/h1-2,4,9,12,28H,3,5-6H2,(H2,17,19)(H2,18,27)(H,20,23)(H,25,26)/t9?,12-,16?/m1/s1. The molecule has 1 aromatic rings. The van der Waals surface area contributed by atoms with Gasteiger partial charge in [-0.3, -0.25) is 14.4 Å². The number of thioether (sulfide) groups is 1. The number of fused-ring (bicyclic) bond motifs is 1. The first-order chi connectivity index (χ1) is 14.7. The lowest BCUT2D eigenvalue weighted by atomic mass is 9.86. The lowest BCUT2D eigenvalue weighted by Gasteiger charge is -2.53. The van der Waals surface area contributed by atoms with E-state index < -0.39 is 46.4 Å². The lowest BCUT2D eigenvalue weighted by molar-refractivity contribution is -0.156. The highest BCUT2D eigenvalue weighted by molar-refractivity contribution is 8.00. The van der Waals surface area contributed by atoms with Gasteiger partial charge in [0.25, 0.3) is 5.91 Å². The number of nitrogen functional groups attached to an aromatic ring is 1. The summed E-state index contributed by atoms with van der Waals surface area (Å²) in [4.78, 5) is 52.7. The number of carboxylic acids is 1. The van der Waals surface area contributed by atoms with E-state index in [-0.39, 0.29) is 29.7 Å². The van der Waals surface area contributed by atoms with E-state index in [1.54, 1.807) is 0 Å². The molecule has 0 aliphatic carbocycles. The maximum Gasteiger partial charge on any atom is 0.404 e. The van der Waals surface area contributed by atoms with Crippen LogP contribution in [0.3, 0.4) is 0 Å². The number of carbonyl (C=O) groups excluding carboxylic acids is 3. The van der Waals surface area contributed by atoms with E-state index in [0.717, 1.165) is 11.3 Å². The Bertz CT molecular complexity index is 979.